The lowest BCUT2D eigenvalue weighted by molar-refractivity contribution is -0.188. The quantitative estimate of drug-likeness (QED) is 0.539. The molecule has 0 aromatic heterocycles. The molecule has 0 radical (unpaired) electrons. The number of benzene rings is 3. The van der Waals surface area contributed by atoms with Crippen molar-refractivity contribution in [3.05, 3.63) is 106 Å². The van der Waals surface area contributed by atoms with Gasteiger partial charge >= 0.3 is 6.03 Å². The smallest absolute Gasteiger partial charge is 0.333 e. The highest BCUT2D eigenvalue weighted by atomic mass is 35.5. The zero-order valence-electron chi connectivity index (χ0n) is 20.8. The summed E-state index contributed by atoms with van der Waals surface area (Å²) in [5, 5.41) is 6.44. The molecule has 2 aliphatic heterocycles. The van der Waals surface area contributed by atoms with Crippen LogP contribution in [0.3, 0.4) is 0 Å². The molecular formula is C28H27ClFN5O3. The number of hydrogen-bond acceptors (Lipinski definition) is 4. The number of carbonyl (C=O) groups excluding carboxylic acids is 3. The van der Waals surface area contributed by atoms with E-state index in [-0.39, 0.29) is 43.8 Å². The number of fused-ring (bicyclic) bond motifs is 1. The SMILES string of the molecule is CN1CC(=O)N2[C@@H](c3ccccc3)C(=O)N(Cc3ccccc3Cl)C[C@@H]2N1C(=O)NCc1ccc(F)cc1. The zero-order chi connectivity index (χ0) is 26.8. The van der Waals surface area contributed by atoms with E-state index in [0.717, 1.165) is 11.1 Å². The van der Waals surface area contributed by atoms with Crippen molar-refractivity contribution >= 4 is 29.4 Å². The van der Waals surface area contributed by atoms with Crippen molar-refractivity contribution in [3.8, 4) is 0 Å². The first-order valence-electron chi connectivity index (χ1n) is 12.2. The summed E-state index contributed by atoms with van der Waals surface area (Å²) in [6.45, 7) is 0.443. The number of halogens is 2. The van der Waals surface area contributed by atoms with E-state index in [1.807, 2.05) is 48.5 Å². The van der Waals surface area contributed by atoms with Gasteiger partial charge < -0.3 is 15.1 Å². The summed E-state index contributed by atoms with van der Waals surface area (Å²) in [6, 6.07) is 20.9. The van der Waals surface area contributed by atoms with Crippen LogP contribution in [0.2, 0.25) is 5.02 Å². The molecule has 3 aromatic carbocycles. The molecule has 5 rings (SSSR count). The van der Waals surface area contributed by atoms with E-state index in [4.69, 9.17) is 11.6 Å². The van der Waals surface area contributed by atoms with Gasteiger partial charge in [-0.2, -0.15) is 0 Å². The normalized spacial score (nSPS) is 19.9. The molecule has 2 heterocycles. The average Bonchev–Trinajstić information content (AvgIpc) is 2.91. The van der Waals surface area contributed by atoms with Crippen LogP contribution in [0.1, 0.15) is 22.7 Å². The number of nitrogens with one attached hydrogen (secondary N) is 1. The Labute approximate surface area is 225 Å². The summed E-state index contributed by atoms with van der Waals surface area (Å²) < 4.78 is 13.3. The molecule has 38 heavy (non-hydrogen) atoms. The van der Waals surface area contributed by atoms with Crippen molar-refractivity contribution in [2.45, 2.75) is 25.3 Å². The molecule has 2 atom stereocenters. The number of likely N-dealkylation sites (N-methyl/N-ethyl adjacent to an activating group) is 1. The van der Waals surface area contributed by atoms with Crippen LogP contribution in [0, 0.1) is 5.82 Å². The van der Waals surface area contributed by atoms with Gasteiger partial charge in [0.05, 0.1) is 13.1 Å². The van der Waals surface area contributed by atoms with Crippen molar-refractivity contribution in [2.24, 2.45) is 0 Å². The molecule has 196 valence electrons. The van der Waals surface area contributed by atoms with Crippen molar-refractivity contribution < 1.29 is 18.8 Å². The van der Waals surface area contributed by atoms with Crippen molar-refractivity contribution in [2.75, 3.05) is 20.1 Å². The second-order valence-electron chi connectivity index (χ2n) is 9.35. The van der Waals surface area contributed by atoms with E-state index >= 15 is 0 Å². The molecule has 8 nitrogen and oxygen atoms in total. The highest BCUT2D eigenvalue weighted by Crippen LogP contribution is 2.35. The Morgan fingerprint density at radius 1 is 1.00 bits per heavy atom. The highest BCUT2D eigenvalue weighted by molar-refractivity contribution is 6.31. The maximum Gasteiger partial charge on any atom is 0.334 e. The molecule has 0 unspecified atom stereocenters. The molecule has 0 spiro atoms. The minimum Gasteiger partial charge on any atom is -0.333 e. The summed E-state index contributed by atoms with van der Waals surface area (Å²) in [4.78, 5) is 43.9. The van der Waals surface area contributed by atoms with E-state index in [1.165, 1.54) is 22.0 Å². The molecule has 2 fully saturated rings. The van der Waals surface area contributed by atoms with Crippen molar-refractivity contribution in [1.82, 2.24) is 25.1 Å². The number of urea groups is 1. The topological polar surface area (TPSA) is 76.2 Å². The van der Waals surface area contributed by atoms with Crippen molar-refractivity contribution in [3.63, 3.8) is 0 Å². The number of piperazine rings is 1. The van der Waals surface area contributed by atoms with Gasteiger partial charge in [-0.15, -0.1) is 0 Å². The molecule has 2 saturated heterocycles. The Kier molecular flexibility index (Phi) is 7.31. The Balaban J connectivity index is 1.47. The van der Waals surface area contributed by atoms with E-state index in [0.29, 0.717) is 10.6 Å². The van der Waals surface area contributed by atoms with Crippen LogP contribution in [-0.2, 0) is 22.7 Å². The number of nitrogens with zero attached hydrogens (tertiary/aromatic N) is 4. The van der Waals surface area contributed by atoms with Crippen LogP contribution in [0.15, 0.2) is 78.9 Å². The first-order valence-corrected chi connectivity index (χ1v) is 12.6. The predicted molar refractivity (Wildman–Crippen MR) is 140 cm³/mol. The molecule has 2 aliphatic rings. The average molecular weight is 536 g/mol. The largest absolute Gasteiger partial charge is 0.334 e. The molecule has 1 N–H and O–H groups in total. The van der Waals surface area contributed by atoms with Gasteiger partial charge in [-0.1, -0.05) is 72.3 Å². The number of hydrogen-bond donors (Lipinski definition) is 1. The van der Waals surface area contributed by atoms with Gasteiger partial charge in [0, 0.05) is 25.2 Å². The summed E-state index contributed by atoms with van der Waals surface area (Å²) in [5.41, 5.74) is 2.16. The predicted octanol–water partition coefficient (Wildman–Crippen LogP) is 3.79. The fourth-order valence-corrected chi connectivity index (χ4v) is 5.19. The first kappa shape index (κ1) is 25.7. The van der Waals surface area contributed by atoms with Crippen molar-refractivity contribution in [1.29, 1.82) is 0 Å². The molecule has 0 saturated carbocycles. The molecule has 0 bridgehead atoms. The maximum absolute atomic E-state index is 13.9. The molecule has 4 amide bonds. The maximum atomic E-state index is 13.9. The standard InChI is InChI=1S/C28H27ClFN5O3/c1-32-18-25(36)34-24(35(32)28(38)31-15-19-11-13-22(30)14-12-19)17-33(16-21-9-5-6-10-23(21)29)27(37)26(34)20-7-3-2-4-8-20/h2-14,24,26H,15-18H2,1H3,(H,31,38)/t24-,26-/m0/s1. The molecule has 10 heteroatoms. The van der Waals surface area contributed by atoms with Gasteiger partial charge in [-0.25, -0.2) is 19.2 Å². The van der Waals surface area contributed by atoms with E-state index in [1.54, 1.807) is 35.2 Å². The van der Waals surface area contributed by atoms with Crippen LogP contribution in [0.4, 0.5) is 9.18 Å². The fourth-order valence-electron chi connectivity index (χ4n) is 4.99. The lowest BCUT2D eigenvalue weighted by Gasteiger charge is -2.54. The van der Waals surface area contributed by atoms with Gasteiger partial charge in [0.2, 0.25) is 5.91 Å². The summed E-state index contributed by atoms with van der Waals surface area (Å²) in [7, 11) is 1.67. The minimum absolute atomic E-state index is 0.0679. The van der Waals surface area contributed by atoms with Crippen LogP contribution in [-0.4, -0.2) is 64.0 Å². The summed E-state index contributed by atoms with van der Waals surface area (Å²) in [6.07, 6.45) is -0.750. The number of amides is 4. The summed E-state index contributed by atoms with van der Waals surface area (Å²) >= 11 is 6.41. The Bertz CT molecular complexity index is 1340. The highest BCUT2D eigenvalue weighted by Gasteiger charge is 2.51. The third kappa shape index (κ3) is 5.07. The zero-order valence-corrected chi connectivity index (χ0v) is 21.5. The van der Waals surface area contributed by atoms with E-state index in [2.05, 4.69) is 5.32 Å². The monoisotopic (exact) mass is 535 g/mol. The molecule has 3 aromatic rings. The number of rotatable bonds is 5. The van der Waals surface area contributed by atoms with Gasteiger partial charge in [0.25, 0.3) is 5.91 Å². The second kappa shape index (κ2) is 10.8. The third-order valence-electron chi connectivity index (χ3n) is 6.83. The van der Waals surface area contributed by atoms with Crippen LogP contribution >= 0.6 is 11.6 Å². The Morgan fingerprint density at radius 2 is 1.68 bits per heavy atom. The fraction of sp³-hybridized carbons (Fsp3) is 0.250. The third-order valence-corrected chi connectivity index (χ3v) is 7.20. The second-order valence-corrected chi connectivity index (χ2v) is 9.76. The lowest BCUT2D eigenvalue weighted by Crippen LogP contribution is -2.73. The van der Waals surface area contributed by atoms with Gasteiger partial charge in [-0.3, -0.25) is 9.59 Å². The van der Waals surface area contributed by atoms with Crippen LogP contribution in [0.25, 0.3) is 0 Å². The van der Waals surface area contributed by atoms with E-state index in [9.17, 15) is 18.8 Å². The van der Waals surface area contributed by atoms with Gasteiger partial charge in [0.15, 0.2) is 0 Å². The first-order chi connectivity index (χ1) is 18.3. The van der Waals surface area contributed by atoms with Crippen LogP contribution < -0.4 is 5.32 Å². The Hall–Kier alpha value is -3.95. The Morgan fingerprint density at radius 3 is 2.39 bits per heavy atom. The number of hydrazine groups is 1. The van der Waals surface area contributed by atoms with E-state index < -0.39 is 18.2 Å². The molecular weight excluding hydrogens is 509 g/mol. The number of carbonyl (C=O) groups is 3. The van der Waals surface area contributed by atoms with Gasteiger partial charge in [-0.05, 0) is 34.9 Å². The molecule has 0 aliphatic carbocycles. The van der Waals surface area contributed by atoms with Gasteiger partial charge in [0.1, 0.15) is 18.0 Å². The lowest BCUT2D eigenvalue weighted by atomic mass is 9.98. The van der Waals surface area contributed by atoms with Crippen LogP contribution in [0.5, 0.6) is 0 Å². The summed E-state index contributed by atoms with van der Waals surface area (Å²) in [5.74, 6) is -0.848. The minimum atomic E-state index is -0.897.